The molecule has 1 aliphatic rings. The van der Waals surface area contributed by atoms with Crippen LogP contribution >= 0.6 is 0 Å². The molecule has 0 spiro atoms. The highest BCUT2D eigenvalue weighted by atomic mass is 16.5. The standard InChI is InChI=1S/C17H26N2O2/c1-3-21-13-14-8-7-11-19(12-14)16(20)17(2,18)15-9-5-4-6-10-15/h4-6,9-10,14H,3,7-8,11-13,18H2,1-2H3. The van der Waals surface area contributed by atoms with Gasteiger partial charge in [-0.2, -0.15) is 0 Å². The van der Waals surface area contributed by atoms with Crippen molar-refractivity contribution in [2.24, 2.45) is 11.7 Å². The summed E-state index contributed by atoms with van der Waals surface area (Å²) in [6, 6.07) is 9.60. The summed E-state index contributed by atoms with van der Waals surface area (Å²) in [6.45, 7) is 6.80. The largest absolute Gasteiger partial charge is 0.381 e. The fourth-order valence-corrected chi connectivity index (χ4v) is 2.91. The van der Waals surface area contributed by atoms with Gasteiger partial charge in [-0.15, -0.1) is 0 Å². The van der Waals surface area contributed by atoms with Gasteiger partial charge in [-0.1, -0.05) is 30.3 Å². The van der Waals surface area contributed by atoms with Crippen LogP contribution in [0.25, 0.3) is 0 Å². The van der Waals surface area contributed by atoms with Crippen LogP contribution in [0.2, 0.25) is 0 Å². The molecule has 1 saturated heterocycles. The lowest BCUT2D eigenvalue weighted by Gasteiger charge is -2.37. The number of hydrogen-bond donors (Lipinski definition) is 1. The third kappa shape index (κ3) is 3.83. The molecule has 1 amide bonds. The molecule has 1 aliphatic heterocycles. The number of carbonyl (C=O) groups is 1. The van der Waals surface area contributed by atoms with Crippen LogP contribution in [-0.2, 0) is 15.1 Å². The molecule has 0 aromatic heterocycles. The maximum absolute atomic E-state index is 12.8. The number of amides is 1. The Morgan fingerprint density at radius 2 is 2.14 bits per heavy atom. The van der Waals surface area contributed by atoms with E-state index in [1.165, 1.54) is 0 Å². The molecule has 1 aromatic rings. The summed E-state index contributed by atoms with van der Waals surface area (Å²) in [5, 5.41) is 0. The van der Waals surface area contributed by atoms with Crippen LogP contribution in [0, 0.1) is 5.92 Å². The average molecular weight is 290 g/mol. The van der Waals surface area contributed by atoms with Gasteiger partial charge in [0.25, 0.3) is 0 Å². The summed E-state index contributed by atoms with van der Waals surface area (Å²) in [5.41, 5.74) is 6.23. The monoisotopic (exact) mass is 290 g/mol. The minimum atomic E-state index is -0.964. The van der Waals surface area contributed by atoms with Crippen molar-refractivity contribution in [3.05, 3.63) is 35.9 Å². The summed E-state index contributed by atoms with van der Waals surface area (Å²) in [6.07, 6.45) is 2.14. The number of likely N-dealkylation sites (tertiary alicyclic amines) is 1. The number of ether oxygens (including phenoxy) is 1. The van der Waals surface area contributed by atoms with Crippen LogP contribution in [0.1, 0.15) is 32.3 Å². The minimum absolute atomic E-state index is 0.00917. The number of benzene rings is 1. The molecule has 2 unspecified atom stereocenters. The second-order valence-electron chi connectivity index (χ2n) is 5.99. The van der Waals surface area contributed by atoms with E-state index < -0.39 is 5.54 Å². The number of nitrogens with two attached hydrogens (primary N) is 1. The number of carbonyl (C=O) groups excluding carboxylic acids is 1. The molecule has 0 bridgehead atoms. The highest BCUT2D eigenvalue weighted by Crippen LogP contribution is 2.24. The molecule has 1 heterocycles. The van der Waals surface area contributed by atoms with Crippen molar-refractivity contribution in [3.63, 3.8) is 0 Å². The van der Waals surface area contributed by atoms with Crippen LogP contribution in [0.4, 0.5) is 0 Å². The van der Waals surface area contributed by atoms with Crippen LogP contribution in [0.5, 0.6) is 0 Å². The van der Waals surface area contributed by atoms with Crippen LogP contribution in [0.15, 0.2) is 30.3 Å². The number of piperidine rings is 1. The molecule has 2 rings (SSSR count). The summed E-state index contributed by atoms with van der Waals surface area (Å²) < 4.78 is 5.50. The van der Waals surface area contributed by atoms with Gasteiger partial charge in [0.05, 0.1) is 6.61 Å². The van der Waals surface area contributed by atoms with Crippen molar-refractivity contribution in [2.45, 2.75) is 32.2 Å². The Hall–Kier alpha value is -1.39. The molecule has 4 nitrogen and oxygen atoms in total. The fraction of sp³-hybridized carbons (Fsp3) is 0.588. The predicted octanol–water partition coefficient (Wildman–Crippen LogP) is 2.14. The second-order valence-corrected chi connectivity index (χ2v) is 5.99. The minimum Gasteiger partial charge on any atom is -0.381 e. The molecular formula is C17H26N2O2. The summed E-state index contributed by atoms with van der Waals surface area (Å²) in [5.74, 6) is 0.434. The van der Waals surface area contributed by atoms with Crippen molar-refractivity contribution in [1.82, 2.24) is 4.90 Å². The van der Waals surface area contributed by atoms with Crippen LogP contribution in [0.3, 0.4) is 0 Å². The molecule has 2 N–H and O–H groups in total. The van der Waals surface area contributed by atoms with Gasteiger partial charge >= 0.3 is 0 Å². The zero-order valence-corrected chi connectivity index (χ0v) is 13.0. The van der Waals surface area contributed by atoms with Gasteiger partial charge in [0, 0.05) is 19.7 Å². The van der Waals surface area contributed by atoms with E-state index in [9.17, 15) is 4.79 Å². The van der Waals surface area contributed by atoms with E-state index >= 15 is 0 Å². The maximum Gasteiger partial charge on any atom is 0.246 e. The van der Waals surface area contributed by atoms with Gasteiger partial charge in [-0.3, -0.25) is 4.79 Å². The van der Waals surface area contributed by atoms with Gasteiger partial charge < -0.3 is 15.4 Å². The van der Waals surface area contributed by atoms with Crippen molar-refractivity contribution in [2.75, 3.05) is 26.3 Å². The highest BCUT2D eigenvalue weighted by molar-refractivity contribution is 5.87. The molecule has 2 atom stereocenters. The summed E-state index contributed by atoms with van der Waals surface area (Å²) in [7, 11) is 0. The molecule has 0 saturated carbocycles. The molecule has 4 heteroatoms. The molecule has 0 radical (unpaired) electrons. The van der Waals surface area contributed by atoms with E-state index in [0.717, 1.165) is 44.7 Å². The lowest BCUT2D eigenvalue weighted by molar-refractivity contribution is -0.139. The topological polar surface area (TPSA) is 55.6 Å². The van der Waals surface area contributed by atoms with Crippen molar-refractivity contribution in [1.29, 1.82) is 0 Å². The molecule has 0 aliphatic carbocycles. The van der Waals surface area contributed by atoms with E-state index in [1.54, 1.807) is 6.92 Å². The first-order valence-electron chi connectivity index (χ1n) is 7.77. The van der Waals surface area contributed by atoms with Gasteiger partial charge in [0.2, 0.25) is 5.91 Å². The Balaban J connectivity index is 2.05. The zero-order valence-electron chi connectivity index (χ0n) is 13.0. The van der Waals surface area contributed by atoms with E-state index in [1.807, 2.05) is 42.2 Å². The van der Waals surface area contributed by atoms with Crippen molar-refractivity contribution >= 4 is 5.91 Å². The molecule has 116 valence electrons. The Labute approximate surface area is 127 Å². The zero-order chi connectivity index (χ0) is 15.3. The fourth-order valence-electron chi connectivity index (χ4n) is 2.91. The number of hydrogen-bond acceptors (Lipinski definition) is 3. The quantitative estimate of drug-likeness (QED) is 0.904. The normalized spacial score (nSPS) is 21.9. The molecule has 1 fully saturated rings. The Bertz CT molecular complexity index is 459. The van der Waals surface area contributed by atoms with Gasteiger partial charge in [0.15, 0.2) is 0 Å². The third-order valence-corrected chi connectivity index (χ3v) is 4.18. The summed E-state index contributed by atoms with van der Waals surface area (Å²) >= 11 is 0. The van der Waals surface area contributed by atoms with Crippen molar-refractivity contribution in [3.8, 4) is 0 Å². The first-order chi connectivity index (χ1) is 10.1. The van der Waals surface area contributed by atoms with E-state index in [4.69, 9.17) is 10.5 Å². The van der Waals surface area contributed by atoms with Crippen LogP contribution < -0.4 is 5.73 Å². The molecule has 1 aromatic carbocycles. The first-order valence-corrected chi connectivity index (χ1v) is 7.77. The lowest BCUT2D eigenvalue weighted by atomic mass is 9.89. The second kappa shape index (κ2) is 7.05. The Morgan fingerprint density at radius 1 is 1.43 bits per heavy atom. The lowest BCUT2D eigenvalue weighted by Crippen LogP contribution is -2.53. The predicted molar refractivity (Wildman–Crippen MR) is 83.8 cm³/mol. The number of rotatable bonds is 5. The van der Waals surface area contributed by atoms with E-state index in [-0.39, 0.29) is 5.91 Å². The Morgan fingerprint density at radius 3 is 2.81 bits per heavy atom. The average Bonchev–Trinajstić information content (AvgIpc) is 2.53. The van der Waals surface area contributed by atoms with Gasteiger partial charge in [-0.25, -0.2) is 0 Å². The SMILES string of the molecule is CCOCC1CCCN(C(=O)C(C)(N)c2ccccc2)C1. The first kappa shape index (κ1) is 16.0. The van der Waals surface area contributed by atoms with Crippen LogP contribution in [-0.4, -0.2) is 37.1 Å². The summed E-state index contributed by atoms with van der Waals surface area (Å²) in [4.78, 5) is 14.7. The highest BCUT2D eigenvalue weighted by Gasteiger charge is 2.36. The molecular weight excluding hydrogens is 264 g/mol. The van der Waals surface area contributed by atoms with E-state index in [0.29, 0.717) is 5.92 Å². The Kier molecular flexibility index (Phi) is 5.37. The van der Waals surface area contributed by atoms with Gasteiger partial charge in [0.1, 0.15) is 5.54 Å². The smallest absolute Gasteiger partial charge is 0.246 e. The third-order valence-electron chi connectivity index (χ3n) is 4.18. The maximum atomic E-state index is 12.8. The van der Waals surface area contributed by atoms with Gasteiger partial charge in [-0.05, 0) is 38.2 Å². The van der Waals surface area contributed by atoms with E-state index in [2.05, 4.69) is 0 Å². The van der Waals surface area contributed by atoms with Crippen molar-refractivity contribution < 1.29 is 9.53 Å². The number of nitrogens with zero attached hydrogens (tertiary/aromatic N) is 1. The molecule has 21 heavy (non-hydrogen) atoms.